The van der Waals surface area contributed by atoms with Gasteiger partial charge in [0.1, 0.15) is 0 Å². The van der Waals surface area contributed by atoms with Gasteiger partial charge in [0.15, 0.2) is 0 Å². The van der Waals surface area contributed by atoms with Gasteiger partial charge >= 0.3 is 135 Å². The fourth-order valence-corrected chi connectivity index (χ4v) is 11.8. The Hall–Kier alpha value is -1.02. The minimum absolute atomic E-state index is 0.169. The third kappa shape index (κ3) is 2.78. The fourth-order valence-electron chi connectivity index (χ4n) is 3.65. The molecule has 0 bridgehead atoms. The molecule has 1 aliphatic carbocycles. The van der Waals surface area contributed by atoms with E-state index in [1.165, 1.54) is 31.4 Å². The standard InChI is InChI=1S/C17H22AsFO3/c1-10(2)18(11-4-3-5-11)12-8-14-13(17(20)21)6-7-15(19)16(14)22-9-12/h6-7,10-12H,3-5,8-9H2,1-2H3,(H,20,21). The summed E-state index contributed by atoms with van der Waals surface area (Å²) >= 11 is -1.14. The molecular weight excluding hydrogens is 346 g/mol. The predicted octanol–water partition coefficient (Wildman–Crippen LogP) is 4.29. The summed E-state index contributed by atoms with van der Waals surface area (Å²) in [5.74, 6) is -1.26. The van der Waals surface area contributed by atoms with Crippen LogP contribution in [0, 0.1) is 5.82 Å². The summed E-state index contributed by atoms with van der Waals surface area (Å²) in [6, 6.07) is 2.57. The SMILES string of the molecule is CC(C)[As](C1CCC1)C1COc2c(F)ccc(C(=O)O)c2C1. The first-order chi connectivity index (χ1) is 10.5. The van der Waals surface area contributed by atoms with Crippen LogP contribution in [0.3, 0.4) is 0 Å². The van der Waals surface area contributed by atoms with Crippen LogP contribution in [0.4, 0.5) is 4.39 Å². The van der Waals surface area contributed by atoms with Crippen molar-refractivity contribution in [2.75, 3.05) is 6.61 Å². The zero-order valence-corrected chi connectivity index (χ0v) is 14.9. The Morgan fingerprint density at radius 3 is 2.64 bits per heavy atom. The van der Waals surface area contributed by atoms with E-state index in [2.05, 4.69) is 13.8 Å². The Balaban J connectivity index is 1.91. The van der Waals surface area contributed by atoms with Gasteiger partial charge in [-0.25, -0.2) is 0 Å². The van der Waals surface area contributed by atoms with Gasteiger partial charge in [0.25, 0.3) is 0 Å². The Bertz CT molecular complexity index is 584. The van der Waals surface area contributed by atoms with Crippen LogP contribution in [0.1, 0.15) is 49.0 Å². The molecule has 3 rings (SSSR count). The van der Waals surface area contributed by atoms with Gasteiger partial charge in [-0.1, -0.05) is 0 Å². The summed E-state index contributed by atoms with van der Waals surface area (Å²) in [6.07, 6.45) is 4.62. The van der Waals surface area contributed by atoms with Crippen LogP contribution in [0.5, 0.6) is 5.75 Å². The van der Waals surface area contributed by atoms with Gasteiger partial charge in [0.05, 0.1) is 0 Å². The van der Waals surface area contributed by atoms with Gasteiger partial charge in [-0.15, -0.1) is 0 Å². The van der Waals surface area contributed by atoms with E-state index in [0.717, 1.165) is 4.71 Å². The van der Waals surface area contributed by atoms with Gasteiger partial charge in [0.2, 0.25) is 0 Å². The molecule has 2 atom stereocenters. The van der Waals surface area contributed by atoms with Gasteiger partial charge in [0, 0.05) is 0 Å². The van der Waals surface area contributed by atoms with Crippen molar-refractivity contribution in [3.63, 3.8) is 0 Å². The average molecular weight is 368 g/mol. The number of carboxylic acids is 1. The molecule has 22 heavy (non-hydrogen) atoms. The fraction of sp³-hybridized carbons (Fsp3) is 0.588. The molecule has 0 amide bonds. The van der Waals surface area contributed by atoms with Crippen molar-refractivity contribution in [2.45, 2.75) is 53.6 Å². The second-order valence-corrected chi connectivity index (χ2v) is 13.6. The van der Waals surface area contributed by atoms with E-state index in [4.69, 9.17) is 4.74 Å². The molecular formula is C17H22AsFO3. The van der Waals surface area contributed by atoms with Crippen molar-refractivity contribution in [3.05, 3.63) is 29.1 Å². The Morgan fingerprint density at radius 1 is 1.36 bits per heavy atom. The summed E-state index contributed by atoms with van der Waals surface area (Å²) in [7, 11) is 0. The molecule has 1 aromatic rings. The molecule has 3 nitrogen and oxygen atoms in total. The van der Waals surface area contributed by atoms with E-state index < -0.39 is 26.4 Å². The molecule has 1 aliphatic heterocycles. The minimum atomic E-state index is -1.14. The number of halogens is 1. The third-order valence-electron chi connectivity index (χ3n) is 4.82. The van der Waals surface area contributed by atoms with Crippen LogP contribution in [0.2, 0.25) is 14.1 Å². The molecule has 2 unspecified atom stereocenters. The van der Waals surface area contributed by atoms with Crippen LogP contribution in [0.25, 0.3) is 0 Å². The zero-order chi connectivity index (χ0) is 15.9. The number of carboxylic acid groups (broad SMARTS) is 1. The van der Waals surface area contributed by atoms with E-state index in [1.807, 2.05) is 0 Å². The number of aromatic carboxylic acids is 1. The Labute approximate surface area is 135 Å². The maximum atomic E-state index is 13.9. The number of hydrogen-bond donors (Lipinski definition) is 1. The first-order valence-corrected chi connectivity index (χ1v) is 11.2. The summed E-state index contributed by atoms with van der Waals surface area (Å²) in [4.78, 5) is 11.4. The Kier molecular flexibility index (Phi) is 4.49. The van der Waals surface area contributed by atoms with Gasteiger partial charge in [-0.2, -0.15) is 0 Å². The van der Waals surface area contributed by atoms with Crippen LogP contribution >= 0.6 is 0 Å². The van der Waals surface area contributed by atoms with Gasteiger partial charge in [-0.3, -0.25) is 0 Å². The quantitative estimate of drug-likeness (QED) is 0.807. The first kappa shape index (κ1) is 15.9. The van der Waals surface area contributed by atoms with Crippen molar-refractivity contribution in [1.29, 1.82) is 0 Å². The molecule has 1 aromatic carbocycles. The molecule has 120 valence electrons. The van der Waals surface area contributed by atoms with Crippen molar-refractivity contribution in [3.8, 4) is 5.75 Å². The second-order valence-electron chi connectivity index (χ2n) is 6.50. The number of benzene rings is 1. The summed E-state index contributed by atoms with van der Waals surface area (Å²) < 4.78 is 21.6. The third-order valence-corrected chi connectivity index (χ3v) is 12.6. The van der Waals surface area contributed by atoms with Crippen LogP contribution in [-0.4, -0.2) is 32.3 Å². The van der Waals surface area contributed by atoms with Crippen LogP contribution < -0.4 is 4.74 Å². The van der Waals surface area contributed by atoms with Gasteiger partial charge < -0.3 is 0 Å². The summed E-state index contributed by atoms with van der Waals surface area (Å²) in [6.45, 7) is 5.14. The average Bonchev–Trinajstić information content (AvgIpc) is 2.41. The molecule has 5 heteroatoms. The van der Waals surface area contributed by atoms with E-state index in [9.17, 15) is 14.3 Å². The predicted molar refractivity (Wildman–Crippen MR) is 84.8 cm³/mol. The molecule has 1 heterocycles. The molecule has 0 saturated heterocycles. The van der Waals surface area contributed by atoms with E-state index in [0.29, 0.717) is 28.0 Å². The molecule has 0 aromatic heterocycles. The normalized spacial score (nSPS) is 22.6. The van der Waals surface area contributed by atoms with Crippen molar-refractivity contribution >= 4 is 20.6 Å². The monoisotopic (exact) mass is 368 g/mol. The number of ether oxygens (including phenoxy) is 1. The van der Waals surface area contributed by atoms with Crippen molar-refractivity contribution in [1.82, 2.24) is 0 Å². The first-order valence-electron chi connectivity index (χ1n) is 7.94. The molecule has 1 saturated carbocycles. The topological polar surface area (TPSA) is 46.5 Å². The van der Waals surface area contributed by atoms with E-state index in [1.54, 1.807) is 0 Å². The second kappa shape index (κ2) is 6.23. The number of rotatable bonds is 4. The van der Waals surface area contributed by atoms with Crippen molar-refractivity contribution < 1.29 is 19.0 Å². The summed E-state index contributed by atoms with van der Waals surface area (Å²) in [5, 5.41) is 9.37. The van der Waals surface area contributed by atoms with Gasteiger partial charge in [-0.05, 0) is 0 Å². The maximum absolute atomic E-state index is 13.9. The van der Waals surface area contributed by atoms with E-state index >= 15 is 0 Å². The number of fused-ring (bicyclic) bond motifs is 1. The van der Waals surface area contributed by atoms with Crippen LogP contribution in [-0.2, 0) is 6.42 Å². The molecule has 0 radical (unpaired) electrons. The molecule has 1 fully saturated rings. The van der Waals surface area contributed by atoms with Crippen molar-refractivity contribution in [2.24, 2.45) is 0 Å². The molecule has 1 N–H and O–H groups in total. The molecule has 0 spiro atoms. The van der Waals surface area contributed by atoms with E-state index in [-0.39, 0.29) is 11.3 Å². The Morgan fingerprint density at radius 2 is 2.09 bits per heavy atom. The van der Waals surface area contributed by atoms with Crippen LogP contribution in [0.15, 0.2) is 12.1 Å². The molecule has 2 aliphatic rings. The number of carbonyl (C=O) groups is 1. The number of hydrogen-bond acceptors (Lipinski definition) is 2. The zero-order valence-electron chi connectivity index (χ0n) is 13.0. The summed E-state index contributed by atoms with van der Waals surface area (Å²) in [5.41, 5.74) is 0.774.